The molecule has 0 unspecified atom stereocenters. The number of carbonyl (C=O) groups is 2. The molecule has 0 aliphatic carbocycles. The van der Waals surface area contributed by atoms with Gasteiger partial charge >= 0.3 is 12.2 Å². The first-order valence-corrected chi connectivity index (χ1v) is 11.6. The van der Waals surface area contributed by atoms with E-state index in [2.05, 4.69) is 10.6 Å². The number of ether oxygens (including phenoxy) is 4. The lowest BCUT2D eigenvalue weighted by Gasteiger charge is -2.25. The Labute approximate surface area is 191 Å². The highest BCUT2D eigenvalue weighted by atomic mass is 16.6. The van der Waals surface area contributed by atoms with Crippen LogP contribution in [0.3, 0.4) is 0 Å². The Balaban J connectivity index is 0.000000181. The van der Waals surface area contributed by atoms with Crippen LogP contribution in [0.5, 0.6) is 0 Å². The molecule has 0 bridgehead atoms. The van der Waals surface area contributed by atoms with Crippen LogP contribution in [-0.2, 0) is 18.9 Å². The Hall–Kier alpha value is -1.62. The van der Waals surface area contributed by atoms with Crippen molar-refractivity contribution in [2.24, 2.45) is 0 Å². The Morgan fingerprint density at radius 2 is 1.09 bits per heavy atom. The van der Waals surface area contributed by atoms with Crippen molar-refractivity contribution >= 4 is 12.2 Å². The summed E-state index contributed by atoms with van der Waals surface area (Å²) in [5.74, 6) is 0. The molecule has 0 saturated carbocycles. The second-order valence-corrected chi connectivity index (χ2v) is 10.7. The normalized spacial score (nSPS) is 30.1. The molecule has 10 nitrogen and oxygen atoms in total. The summed E-state index contributed by atoms with van der Waals surface area (Å²) in [5.41, 5.74) is -0.863. The summed E-state index contributed by atoms with van der Waals surface area (Å²) in [6, 6.07) is 0.530. The van der Waals surface area contributed by atoms with Crippen molar-refractivity contribution in [1.29, 1.82) is 0 Å². The van der Waals surface area contributed by atoms with E-state index in [4.69, 9.17) is 18.9 Å². The zero-order valence-electron chi connectivity index (χ0n) is 20.3. The Bertz CT molecular complexity index is 578. The largest absolute Gasteiger partial charge is 0.444 e. The fourth-order valence-corrected chi connectivity index (χ4v) is 4.14. The van der Waals surface area contributed by atoms with Gasteiger partial charge in [-0.25, -0.2) is 9.59 Å². The monoisotopic (exact) mass is 456 g/mol. The average Bonchev–Trinajstić information content (AvgIpc) is 3.30. The van der Waals surface area contributed by atoms with Crippen molar-refractivity contribution in [3.63, 3.8) is 0 Å². The van der Waals surface area contributed by atoms with Gasteiger partial charge in [0.15, 0.2) is 0 Å². The molecule has 184 valence electrons. The number of hydrogen-bond acceptors (Lipinski definition) is 8. The van der Waals surface area contributed by atoms with Crippen LogP contribution in [0.1, 0.15) is 41.5 Å². The maximum Gasteiger partial charge on any atom is 0.410 e. The summed E-state index contributed by atoms with van der Waals surface area (Å²) in [7, 11) is 0. The maximum atomic E-state index is 11.8. The van der Waals surface area contributed by atoms with Crippen molar-refractivity contribution in [2.45, 2.75) is 77.0 Å². The average molecular weight is 457 g/mol. The van der Waals surface area contributed by atoms with Gasteiger partial charge < -0.3 is 39.4 Å². The van der Waals surface area contributed by atoms with Gasteiger partial charge in [-0.2, -0.15) is 0 Å². The molecule has 4 heterocycles. The molecule has 0 spiro atoms. The SMILES string of the molecule is CC(C)(C)OC(=O)N1C[C@@H]2NCCO[C@@H]2C1.CC(C)(C)OC(=O)N1C[C@@H]2OCCN[C@@H]2C1. The smallest absolute Gasteiger partial charge is 0.410 e. The molecule has 32 heavy (non-hydrogen) atoms. The molecule has 2 N–H and O–H groups in total. The number of likely N-dealkylation sites (tertiary alicyclic amines) is 2. The lowest BCUT2D eigenvalue weighted by Crippen LogP contribution is -2.47. The molecule has 4 saturated heterocycles. The van der Waals surface area contributed by atoms with Gasteiger partial charge in [0.1, 0.15) is 11.2 Å². The van der Waals surface area contributed by atoms with Crippen LogP contribution < -0.4 is 10.6 Å². The predicted molar refractivity (Wildman–Crippen MR) is 119 cm³/mol. The van der Waals surface area contributed by atoms with E-state index in [1.54, 1.807) is 9.80 Å². The molecule has 4 aliphatic heterocycles. The number of morpholine rings is 2. The van der Waals surface area contributed by atoms with E-state index in [0.29, 0.717) is 26.2 Å². The minimum absolute atomic E-state index is 0.126. The summed E-state index contributed by atoms with van der Waals surface area (Å²) in [5, 5.41) is 6.71. The summed E-state index contributed by atoms with van der Waals surface area (Å²) in [4.78, 5) is 27.1. The van der Waals surface area contributed by atoms with Gasteiger partial charge in [0, 0.05) is 26.2 Å². The van der Waals surface area contributed by atoms with Crippen molar-refractivity contribution in [3.8, 4) is 0 Å². The number of rotatable bonds is 0. The summed E-state index contributed by atoms with van der Waals surface area (Å²) in [6.45, 7) is 17.1. The van der Waals surface area contributed by atoms with Crippen LogP contribution in [0.4, 0.5) is 9.59 Å². The van der Waals surface area contributed by atoms with Crippen molar-refractivity contribution in [1.82, 2.24) is 20.4 Å². The molecule has 10 heteroatoms. The van der Waals surface area contributed by atoms with Crippen molar-refractivity contribution in [3.05, 3.63) is 0 Å². The van der Waals surface area contributed by atoms with Crippen LogP contribution in [-0.4, -0.2) is 110 Å². The molecule has 4 rings (SSSR count). The summed E-state index contributed by atoms with van der Waals surface area (Å²) >= 11 is 0. The Kier molecular flexibility index (Phi) is 7.90. The van der Waals surface area contributed by atoms with Crippen molar-refractivity contribution < 1.29 is 28.5 Å². The molecular weight excluding hydrogens is 416 g/mol. The summed E-state index contributed by atoms with van der Waals surface area (Å²) in [6.07, 6.45) is -0.234. The van der Waals surface area contributed by atoms with Gasteiger partial charge in [0.05, 0.1) is 50.6 Å². The van der Waals surface area contributed by atoms with E-state index in [0.717, 1.165) is 26.3 Å². The molecule has 2 amide bonds. The first-order chi connectivity index (χ1) is 14.9. The molecule has 0 aromatic carbocycles. The molecule has 0 aromatic rings. The van der Waals surface area contributed by atoms with Crippen LogP contribution in [0, 0.1) is 0 Å². The number of amides is 2. The van der Waals surface area contributed by atoms with Gasteiger partial charge in [-0.1, -0.05) is 0 Å². The molecule has 0 aromatic heterocycles. The number of nitrogens with one attached hydrogen (secondary N) is 2. The Morgan fingerprint density at radius 1 is 0.719 bits per heavy atom. The number of nitrogens with zero attached hydrogens (tertiary/aromatic N) is 2. The zero-order chi connectivity index (χ0) is 23.5. The lowest BCUT2D eigenvalue weighted by molar-refractivity contribution is 0.0102. The van der Waals surface area contributed by atoms with E-state index in [9.17, 15) is 9.59 Å². The predicted octanol–water partition coefficient (Wildman–Crippen LogP) is 1.19. The number of hydrogen-bond donors (Lipinski definition) is 2. The van der Waals surface area contributed by atoms with Crippen LogP contribution in [0.15, 0.2) is 0 Å². The minimum atomic E-state index is -0.431. The molecule has 4 atom stereocenters. The maximum absolute atomic E-state index is 11.8. The quantitative estimate of drug-likeness (QED) is 0.561. The van der Waals surface area contributed by atoms with E-state index < -0.39 is 11.2 Å². The fourth-order valence-electron chi connectivity index (χ4n) is 4.14. The van der Waals surface area contributed by atoms with Gasteiger partial charge in [-0.3, -0.25) is 0 Å². The first-order valence-electron chi connectivity index (χ1n) is 11.6. The minimum Gasteiger partial charge on any atom is -0.444 e. The third kappa shape index (κ3) is 7.19. The molecule has 4 aliphatic rings. The van der Waals surface area contributed by atoms with Crippen molar-refractivity contribution in [2.75, 3.05) is 52.5 Å². The Morgan fingerprint density at radius 3 is 1.41 bits per heavy atom. The molecule has 4 fully saturated rings. The lowest BCUT2D eigenvalue weighted by atomic mass is 10.2. The highest BCUT2D eigenvalue weighted by Crippen LogP contribution is 2.20. The third-order valence-corrected chi connectivity index (χ3v) is 5.52. The van der Waals surface area contributed by atoms with Crippen LogP contribution >= 0.6 is 0 Å². The highest BCUT2D eigenvalue weighted by molar-refractivity contribution is 5.69. The molecular formula is C22H40N4O6. The highest BCUT2D eigenvalue weighted by Gasteiger charge is 2.40. The van der Waals surface area contributed by atoms with Gasteiger partial charge in [-0.05, 0) is 41.5 Å². The zero-order valence-corrected chi connectivity index (χ0v) is 20.3. The second kappa shape index (κ2) is 10.1. The van der Waals surface area contributed by atoms with Gasteiger partial charge in [-0.15, -0.1) is 0 Å². The second-order valence-electron chi connectivity index (χ2n) is 10.7. The summed E-state index contributed by atoms with van der Waals surface area (Å²) < 4.78 is 21.9. The van der Waals surface area contributed by atoms with Gasteiger partial charge in [0.25, 0.3) is 0 Å². The fraction of sp³-hybridized carbons (Fsp3) is 0.909. The van der Waals surface area contributed by atoms with E-state index in [1.807, 2.05) is 41.5 Å². The van der Waals surface area contributed by atoms with E-state index in [1.165, 1.54) is 0 Å². The van der Waals surface area contributed by atoms with E-state index >= 15 is 0 Å². The number of fused-ring (bicyclic) bond motifs is 2. The number of carbonyl (C=O) groups excluding carboxylic acids is 2. The topological polar surface area (TPSA) is 102 Å². The van der Waals surface area contributed by atoms with Crippen LogP contribution in [0.25, 0.3) is 0 Å². The van der Waals surface area contributed by atoms with Crippen LogP contribution in [0.2, 0.25) is 0 Å². The molecule has 0 radical (unpaired) electrons. The van der Waals surface area contributed by atoms with E-state index in [-0.39, 0.29) is 36.5 Å². The first kappa shape index (κ1) is 25.0. The van der Waals surface area contributed by atoms with Gasteiger partial charge in [0.2, 0.25) is 0 Å². The third-order valence-electron chi connectivity index (χ3n) is 5.52. The standard InChI is InChI=1S/2C11H20N2O3/c2*1-11(2,3)16-10(14)13-6-8-9(7-13)15-5-4-12-8/h2*8-9,12H,4-7H2,1-3H3/t2*8-,9+/m10/s1.